The Bertz CT molecular complexity index is 1370. The molecule has 0 aliphatic carbocycles. The molecule has 10 nitrogen and oxygen atoms in total. The Balaban J connectivity index is 1.63. The van der Waals surface area contributed by atoms with Crippen LogP contribution in [-0.4, -0.2) is 58.7 Å². The summed E-state index contributed by atoms with van der Waals surface area (Å²) in [5.41, 5.74) is 9.54. The molecule has 0 atom stereocenters. The number of hydrogen-bond acceptors (Lipinski definition) is 5. The number of rotatable bonds is 8. The highest BCUT2D eigenvalue weighted by Gasteiger charge is 2.16. The number of amidine groups is 1. The Morgan fingerprint density at radius 3 is 2.71 bits per heavy atom. The highest BCUT2D eigenvalue weighted by Crippen LogP contribution is 2.20. The molecule has 0 bridgehead atoms. The van der Waals surface area contributed by atoms with E-state index in [2.05, 4.69) is 14.7 Å². The minimum atomic E-state index is -3.50. The number of benzene rings is 2. The Kier molecular flexibility index (Phi) is 5.48. The first-order chi connectivity index (χ1) is 14.7. The van der Waals surface area contributed by atoms with E-state index in [0.29, 0.717) is 18.5 Å². The molecule has 2 aromatic carbocycles. The molecule has 31 heavy (non-hydrogen) atoms. The second-order valence-corrected chi connectivity index (χ2v) is 9.33. The van der Waals surface area contributed by atoms with E-state index in [4.69, 9.17) is 16.1 Å². The average molecular weight is 441 g/mol. The van der Waals surface area contributed by atoms with Gasteiger partial charge in [0, 0.05) is 32.7 Å². The van der Waals surface area contributed by atoms with E-state index in [1.54, 1.807) is 12.1 Å². The van der Waals surface area contributed by atoms with Crippen molar-refractivity contribution in [1.82, 2.24) is 28.5 Å². The fraction of sp³-hybridized carbons (Fsp3) is 0.250. The minimum Gasteiger partial charge on any atom is -0.384 e. The summed E-state index contributed by atoms with van der Waals surface area (Å²) >= 11 is 0. The Morgan fingerprint density at radius 2 is 1.97 bits per heavy atom. The molecule has 5 N–H and O–H groups in total. The first-order valence-electron chi connectivity index (χ1n) is 9.69. The third kappa shape index (κ3) is 4.29. The molecule has 0 saturated heterocycles. The maximum atomic E-state index is 12.0. The summed E-state index contributed by atoms with van der Waals surface area (Å²) in [6.45, 7) is 0.660. The lowest BCUT2D eigenvalue weighted by Crippen LogP contribution is -2.37. The predicted molar refractivity (Wildman–Crippen MR) is 120 cm³/mol. The Morgan fingerprint density at radius 1 is 1.19 bits per heavy atom. The number of aromatic nitrogens is 4. The van der Waals surface area contributed by atoms with E-state index in [1.165, 1.54) is 14.1 Å². The minimum absolute atomic E-state index is 0.0000177. The van der Waals surface area contributed by atoms with Crippen LogP contribution < -0.4 is 10.5 Å². The zero-order valence-electron chi connectivity index (χ0n) is 17.3. The molecule has 0 aliphatic rings. The average Bonchev–Trinajstić information content (AvgIpc) is 3.28. The van der Waals surface area contributed by atoms with Crippen LogP contribution in [0.15, 0.2) is 42.5 Å². The molecule has 0 radical (unpaired) electrons. The second kappa shape index (κ2) is 8.10. The van der Waals surface area contributed by atoms with E-state index in [0.717, 1.165) is 38.0 Å². The lowest BCUT2D eigenvalue weighted by molar-refractivity contribution is 0.501. The van der Waals surface area contributed by atoms with Crippen molar-refractivity contribution in [2.75, 3.05) is 20.6 Å². The highest BCUT2D eigenvalue weighted by molar-refractivity contribution is 7.87. The third-order valence-electron chi connectivity index (χ3n) is 5.00. The van der Waals surface area contributed by atoms with E-state index in [1.807, 2.05) is 34.9 Å². The van der Waals surface area contributed by atoms with Crippen LogP contribution >= 0.6 is 0 Å². The number of imidazole rings is 2. The van der Waals surface area contributed by atoms with Gasteiger partial charge in [-0.3, -0.25) is 5.41 Å². The molecule has 0 aliphatic heterocycles. The summed E-state index contributed by atoms with van der Waals surface area (Å²) in [4.78, 5) is 12.6. The van der Waals surface area contributed by atoms with Gasteiger partial charge in [0.05, 0.1) is 28.5 Å². The van der Waals surface area contributed by atoms with Gasteiger partial charge in [-0.25, -0.2) is 14.7 Å². The van der Waals surface area contributed by atoms with Crippen LogP contribution in [0.1, 0.15) is 17.2 Å². The van der Waals surface area contributed by atoms with Crippen molar-refractivity contribution in [3.63, 3.8) is 0 Å². The fourth-order valence-corrected chi connectivity index (χ4v) is 4.00. The number of aromatic amines is 1. The van der Waals surface area contributed by atoms with Gasteiger partial charge in [-0.2, -0.15) is 12.7 Å². The van der Waals surface area contributed by atoms with Crippen LogP contribution in [-0.2, 0) is 23.2 Å². The topological polar surface area (TPSA) is 146 Å². The Labute approximate surface area is 179 Å². The number of nitrogens with zero attached hydrogens (tertiary/aromatic N) is 4. The summed E-state index contributed by atoms with van der Waals surface area (Å²) in [5, 5.41) is 7.60. The van der Waals surface area contributed by atoms with Gasteiger partial charge in [0.2, 0.25) is 0 Å². The molecule has 0 saturated carbocycles. The van der Waals surface area contributed by atoms with Crippen molar-refractivity contribution >= 4 is 38.1 Å². The van der Waals surface area contributed by atoms with Gasteiger partial charge >= 0.3 is 0 Å². The SMILES string of the molecule is CN(C)S(=O)(=O)NCCn1c(Cc2nc3ccc(C(=N)N)cc3[nH]2)nc2ccccc21. The molecule has 4 rings (SSSR count). The summed E-state index contributed by atoms with van der Waals surface area (Å²) < 4.78 is 29.8. The highest BCUT2D eigenvalue weighted by atomic mass is 32.2. The van der Waals surface area contributed by atoms with Gasteiger partial charge in [0.25, 0.3) is 10.2 Å². The van der Waals surface area contributed by atoms with Crippen LogP contribution in [0, 0.1) is 5.41 Å². The summed E-state index contributed by atoms with van der Waals surface area (Å²) in [6, 6.07) is 13.1. The van der Waals surface area contributed by atoms with Gasteiger partial charge in [-0.15, -0.1) is 0 Å². The molecule has 2 aromatic heterocycles. The summed E-state index contributed by atoms with van der Waals surface area (Å²) in [6.07, 6.45) is 0.444. The monoisotopic (exact) mass is 440 g/mol. The number of nitrogens with two attached hydrogens (primary N) is 1. The van der Waals surface area contributed by atoms with Gasteiger partial charge in [0.15, 0.2) is 0 Å². The maximum absolute atomic E-state index is 12.0. The van der Waals surface area contributed by atoms with Gasteiger partial charge in [-0.1, -0.05) is 12.1 Å². The number of nitrogens with one attached hydrogen (secondary N) is 3. The first-order valence-corrected chi connectivity index (χ1v) is 11.1. The quantitative estimate of drug-likeness (QED) is 0.240. The lowest BCUT2D eigenvalue weighted by atomic mass is 10.2. The van der Waals surface area contributed by atoms with E-state index >= 15 is 0 Å². The third-order valence-corrected chi connectivity index (χ3v) is 6.53. The molecule has 162 valence electrons. The Hall–Kier alpha value is -3.28. The molecule has 0 amide bonds. The van der Waals surface area contributed by atoms with Crippen molar-refractivity contribution < 1.29 is 8.42 Å². The normalized spacial score (nSPS) is 12.2. The number of nitrogen functional groups attached to an aromatic ring is 1. The van der Waals surface area contributed by atoms with Crippen LogP contribution in [0.3, 0.4) is 0 Å². The summed E-state index contributed by atoms with van der Waals surface area (Å²) in [5.74, 6) is 1.50. The smallest absolute Gasteiger partial charge is 0.278 e. The molecule has 0 fully saturated rings. The zero-order chi connectivity index (χ0) is 22.2. The maximum Gasteiger partial charge on any atom is 0.278 e. The summed E-state index contributed by atoms with van der Waals surface area (Å²) in [7, 11) is -0.530. The molecular weight excluding hydrogens is 416 g/mol. The van der Waals surface area contributed by atoms with Crippen molar-refractivity contribution in [1.29, 1.82) is 5.41 Å². The van der Waals surface area contributed by atoms with Gasteiger partial charge < -0.3 is 15.3 Å². The molecule has 2 heterocycles. The molecular formula is C20H24N8O2S. The molecule has 11 heteroatoms. The van der Waals surface area contributed by atoms with Gasteiger partial charge in [-0.05, 0) is 30.3 Å². The number of para-hydroxylation sites is 2. The van der Waals surface area contributed by atoms with Crippen LogP contribution in [0.2, 0.25) is 0 Å². The van der Waals surface area contributed by atoms with Crippen LogP contribution in [0.5, 0.6) is 0 Å². The largest absolute Gasteiger partial charge is 0.384 e. The van der Waals surface area contributed by atoms with E-state index < -0.39 is 10.2 Å². The predicted octanol–water partition coefficient (Wildman–Crippen LogP) is 1.18. The lowest BCUT2D eigenvalue weighted by Gasteiger charge is -2.14. The fourth-order valence-electron chi connectivity index (χ4n) is 3.39. The van der Waals surface area contributed by atoms with Crippen molar-refractivity contribution in [2.45, 2.75) is 13.0 Å². The van der Waals surface area contributed by atoms with E-state index in [9.17, 15) is 8.42 Å². The van der Waals surface area contributed by atoms with Gasteiger partial charge in [0.1, 0.15) is 17.5 Å². The van der Waals surface area contributed by atoms with E-state index in [-0.39, 0.29) is 12.4 Å². The van der Waals surface area contributed by atoms with Crippen molar-refractivity contribution in [2.24, 2.45) is 5.73 Å². The van der Waals surface area contributed by atoms with Crippen molar-refractivity contribution in [3.05, 3.63) is 59.7 Å². The molecule has 0 spiro atoms. The number of hydrogen-bond donors (Lipinski definition) is 4. The first kappa shape index (κ1) is 21.0. The van der Waals surface area contributed by atoms with Crippen LogP contribution in [0.4, 0.5) is 0 Å². The number of fused-ring (bicyclic) bond motifs is 2. The molecule has 4 aromatic rings. The second-order valence-electron chi connectivity index (χ2n) is 7.36. The van der Waals surface area contributed by atoms with Crippen molar-refractivity contribution in [3.8, 4) is 0 Å². The molecule has 0 unspecified atom stereocenters. The van der Waals surface area contributed by atoms with Crippen LogP contribution in [0.25, 0.3) is 22.1 Å². The standard InChI is InChI=1S/C20H24N8O2S/c1-27(2)31(29,30)23-9-10-28-17-6-4-3-5-15(17)26-19(28)12-18-24-14-8-7-13(20(21)22)11-16(14)25-18/h3-8,11,23H,9-10,12H2,1-2H3,(H3,21,22)(H,24,25). The number of H-pyrrole nitrogens is 1. The zero-order valence-corrected chi connectivity index (χ0v) is 18.1.